The number of allylic oxidation sites excluding steroid dienone is 2. The fourth-order valence-corrected chi connectivity index (χ4v) is 6.37. The number of rotatable bonds is 7. The van der Waals surface area contributed by atoms with Gasteiger partial charge in [0.2, 0.25) is 0 Å². The summed E-state index contributed by atoms with van der Waals surface area (Å²) in [7, 11) is 0. The summed E-state index contributed by atoms with van der Waals surface area (Å²) in [5.74, 6) is 0.898. The maximum Gasteiger partial charge on any atom is 0.149 e. The molecule has 3 aromatic rings. The molecule has 41 heavy (non-hydrogen) atoms. The lowest BCUT2D eigenvalue weighted by Gasteiger charge is -2.38. The van der Waals surface area contributed by atoms with E-state index in [0.29, 0.717) is 13.0 Å². The first-order chi connectivity index (χ1) is 19.7. The number of aryl methyl sites for hydroxylation is 1. The van der Waals surface area contributed by atoms with Crippen LogP contribution >= 0.6 is 0 Å². The molecule has 1 heterocycles. The van der Waals surface area contributed by atoms with Crippen molar-refractivity contribution in [1.82, 2.24) is 10.2 Å². The van der Waals surface area contributed by atoms with Gasteiger partial charge in [0, 0.05) is 32.0 Å². The van der Waals surface area contributed by atoms with Crippen molar-refractivity contribution in [2.75, 3.05) is 26.2 Å². The first kappa shape index (κ1) is 28.8. The van der Waals surface area contributed by atoms with Gasteiger partial charge in [0.05, 0.1) is 6.04 Å². The third kappa shape index (κ3) is 5.60. The minimum atomic E-state index is -0.210. The Morgan fingerprint density at radius 3 is 2.68 bits per heavy atom. The van der Waals surface area contributed by atoms with Crippen molar-refractivity contribution in [3.05, 3.63) is 106 Å². The van der Waals surface area contributed by atoms with Crippen molar-refractivity contribution in [1.29, 1.82) is 0 Å². The topological polar surface area (TPSA) is 36.9 Å². The Labute approximate surface area is 244 Å². The van der Waals surface area contributed by atoms with Gasteiger partial charge in [-0.2, -0.15) is 0 Å². The van der Waals surface area contributed by atoms with E-state index in [1.165, 1.54) is 38.6 Å². The maximum absolute atomic E-state index is 14.4. The lowest BCUT2D eigenvalue weighted by Crippen LogP contribution is -2.54. The van der Waals surface area contributed by atoms with Crippen LogP contribution in [0.3, 0.4) is 0 Å². The van der Waals surface area contributed by atoms with Gasteiger partial charge in [-0.05, 0) is 103 Å². The smallest absolute Gasteiger partial charge is 0.149 e. The van der Waals surface area contributed by atoms with Crippen molar-refractivity contribution < 1.29 is 9.23 Å². The first-order valence-corrected chi connectivity index (χ1v) is 14.7. The quantitative estimate of drug-likeness (QED) is 0.139. The molecule has 1 saturated heterocycles. The molecule has 2 atom stereocenters. The first-order valence-electron chi connectivity index (χ1n) is 14.7. The molecule has 5 heteroatoms. The molecular formula is C36H42FN3O. The number of fused-ring (bicyclic) bond motifs is 2. The van der Waals surface area contributed by atoms with E-state index in [4.69, 9.17) is 9.99 Å². The van der Waals surface area contributed by atoms with Crippen molar-refractivity contribution in [3.8, 4) is 0 Å². The lowest BCUT2D eigenvalue weighted by molar-refractivity contribution is 0.167. The number of benzene rings is 3. The van der Waals surface area contributed by atoms with Crippen LogP contribution in [0.4, 0.5) is 4.39 Å². The highest BCUT2D eigenvalue weighted by molar-refractivity contribution is 5.96. The molecule has 1 aliphatic carbocycles. The van der Waals surface area contributed by atoms with Crippen LogP contribution in [0.5, 0.6) is 0 Å². The van der Waals surface area contributed by atoms with E-state index in [-0.39, 0.29) is 17.8 Å². The summed E-state index contributed by atoms with van der Waals surface area (Å²) in [5.41, 5.74) is 10.5. The lowest BCUT2D eigenvalue weighted by atomic mass is 9.92. The fraction of sp³-hybridized carbons (Fsp3) is 0.361. The van der Waals surface area contributed by atoms with Crippen LogP contribution in [0.1, 0.15) is 67.9 Å². The zero-order valence-corrected chi connectivity index (χ0v) is 25.3. The Morgan fingerprint density at radius 1 is 1.15 bits per heavy atom. The molecular weight excluding hydrogens is 509 g/mol. The molecule has 1 aliphatic heterocycles. The van der Waals surface area contributed by atoms with Gasteiger partial charge in [-0.1, -0.05) is 66.2 Å². The van der Waals surface area contributed by atoms with Crippen LogP contribution in [-0.2, 0) is 4.84 Å². The Balaban J connectivity index is 1.48. The van der Waals surface area contributed by atoms with Crippen LogP contribution < -0.4 is 5.32 Å². The minimum Gasteiger partial charge on any atom is -0.389 e. The van der Waals surface area contributed by atoms with E-state index in [0.717, 1.165) is 47.8 Å². The summed E-state index contributed by atoms with van der Waals surface area (Å²) in [4.78, 5) is 8.53. The summed E-state index contributed by atoms with van der Waals surface area (Å²) >= 11 is 0. The third-order valence-electron chi connectivity index (χ3n) is 9.13. The molecule has 0 bridgehead atoms. The monoisotopic (exact) mass is 551 g/mol. The van der Waals surface area contributed by atoms with Gasteiger partial charge in [0.15, 0.2) is 0 Å². The average Bonchev–Trinajstić information content (AvgIpc) is 3.20. The van der Waals surface area contributed by atoms with Gasteiger partial charge in [0.1, 0.15) is 18.3 Å². The molecule has 0 radical (unpaired) electrons. The Kier molecular flexibility index (Phi) is 8.46. The van der Waals surface area contributed by atoms with Crippen LogP contribution in [0.15, 0.2) is 77.5 Å². The Bertz CT molecular complexity index is 1580. The summed E-state index contributed by atoms with van der Waals surface area (Å²) in [6.45, 7) is 20.0. The van der Waals surface area contributed by atoms with Crippen molar-refractivity contribution >= 4 is 27.8 Å². The van der Waals surface area contributed by atoms with E-state index in [1.807, 2.05) is 6.07 Å². The van der Waals surface area contributed by atoms with E-state index in [1.54, 1.807) is 12.1 Å². The number of hydrogen-bond acceptors (Lipinski definition) is 3. The van der Waals surface area contributed by atoms with Gasteiger partial charge in [0.25, 0.3) is 0 Å². The van der Waals surface area contributed by atoms with E-state index >= 15 is 0 Å². The average molecular weight is 552 g/mol. The van der Waals surface area contributed by atoms with Crippen molar-refractivity contribution in [2.24, 2.45) is 5.16 Å². The third-order valence-corrected chi connectivity index (χ3v) is 9.13. The predicted octanol–water partition coefficient (Wildman–Crippen LogP) is 8.16. The molecule has 0 spiro atoms. The predicted molar refractivity (Wildman–Crippen MR) is 171 cm³/mol. The molecule has 1 fully saturated rings. The maximum atomic E-state index is 14.4. The number of nitrogens with one attached hydrogen (secondary N) is 1. The number of piperazine rings is 1. The summed E-state index contributed by atoms with van der Waals surface area (Å²) in [5, 5.41) is 10.8. The molecule has 1 N–H and O–H groups in total. The molecule has 5 rings (SSSR count). The van der Waals surface area contributed by atoms with E-state index in [2.05, 4.69) is 94.7 Å². The second-order valence-corrected chi connectivity index (χ2v) is 11.5. The summed E-state index contributed by atoms with van der Waals surface area (Å²) in [6.07, 6.45) is 2.70. The van der Waals surface area contributed by atoms with E-state index in [9.17, 15) is 4.39 Å². The number of halogens is 1. The summed E-state index contributed by atoms with van der Waals surface area (Å²) < 4.78 is 14.4. The summed E-state index contributed by atoms with van der Waals surface area (Å²) in [6, 6.07) is 16.0. The van der Waals surface area contributed by atoms with Gasteiger partial charge < -0.3 is 15.1 Å². The van der Waals surface area contributed by atoms with Gasteiger partial charge >= 0.3 is 0 Å². The van der Waals surface area contributed by atoms with Gasteiger partial charge in [-0.25, -0.2) is 4.39 Å². The van der Waals surface area contributed by atoms with Crippen LogP contribution in [-0.4, -0.2) is 43.0 Å². The molecule has 2 aliphatic rings. The second-order valence-electron chi connectivity index (χ2n) is 11.5. The van der Waals surface area contributed by atoms with Crippen molar-refractivity contribution in [2.45, 2.75) is 59.9 Å². The van der Waals surface area contributed by atoms with Crippen LogP contribution in [0.2, 0.25) is 0 Å². The number of amidine groups is 1. The van der Waals surface area contributed by atoms with E-state index < -0.39 is 0 Å². The number of hydrogen-bond donors (Lipinski definition) is 1. The van der Waals surface area contributed by atoms with Crippen molar-refractivity contribution in [3.63, 3.8) is 0 Å². The highest BCUT2D eigenvalue weighted by Gasteiger charge is 2.31. The fourth-order valence-electron chi connectivity index (χ4n) is 6.37. The largest absolute Gasteiger partial charge is 0.389 e. The highest BCUT2D eigenvalue weighted by atomic mass is 19.1. The normalized spacial score (nSPS) is 19.6. The molecule has 2 unspecified atom stereocenters. The highest BCUT2D eigenvalue weighted by Crippen LogP contribution is 2.43. The zero-order chi connectivity index (χ0) is 29.3. The van der Waals surface area contributed by atoms with Crippen LogP contribution in [0, 0.1) is 19.7 Å². The second kappa shape index (κ2) is 12.0. The van der Waals surface area contributed by atoms with Gasteiger partial charge in [-0.3, -0.25) is 0 Å². The Hall–Kier alpha value is -3.70. The SMILES string of the molecule is C=C(C)C1CNCCN1/C(CC1=C(C)C(C)c2ccc(F)cc21)=N/OC/C(=C\C)c1cc2ccccc2c(C)c1C. The molecule has 0 saturated carbocycles. The van der Waals surface area contributed by atoms with Crippen LogP contribution in [0.25, 0.3) is 21.9 Å². The van der Waals surface area contributed by atoms with Gasteiger partial charge in [-0.15, -0.1) is 0 Å². The zero-order valence-electron chi connectivity index (χ0n) is 25.3. The Morgan fingerprint density at radius 2 is 1.93 bits per heavy atom. The molecule has 0 amide bonds. The molecule has 3 aromatic carbocycles. The minimum absolute atomic E-state index is 0.115. The molecule has 4 nitrogen and oxygen atoms in total. The molecule has 214 valence electrons. The number of nitrogens with zero attached hydrogens (tertiary/aromatic N) is 2. The number of oxime groups is 1. The standard InChI is InChI=1S/C36H42FN3O/c1-8-27(32-17-28-11-9-10-12-30(28)23(4)25(32)6)21-41-39-36(40-16-15-38-20-35(40)22(2)3)19-33-26(7)24(5)31-14-13-29(37)18-34(31)33/h8-14,17-18,24,35,38H,2,15-16,19-21H2,1,3-7H3/b27-8+,39-36+. The molecule has 0 aromatic heterocycles.